The van der Waals surface area contributed by atoms with E-state index in [9.17, 15) is 4.79 Å². The predicted octanol–water partition coefficient (Wildman–Crippen LogP) is 1.59. The molecule has 20 heavy (non-hydrogen) atoms. The number of nitrogens with one attached hydrogen (secondary N) is 1. The van der Waals surface area contributed by atoms with E-state index < -0.39 is 6.10 Å². The third-order valence-corrected chi connectivity index (χ3v) is 3.07. The molecule has 0 bridgehead atoms. The van der Waals surface area contributed by atoms with Crippen LogP contribution in [0.25, 0.3) is 0 Å². The number of hydrogen-bond acceptors (Lipinski definition) is 4. The van der Waals surface area contributed by atoms with E-state index in [2.05, 4.69) is 10.4 Å². The maximum absolute atomic E-state index is 12.2. The van der Waals surface area contributed by atoms with Gasteiger partial charge in [-0.2, -0.15) is 5.10 Å². The normalized spacial score (nSPS) is 20.5. The van der Waals surface area contributed by atoms with Crippen LogP contribution in [0.4, 0.5) is 5.82 Å². The minimum Gasteiger partial charge on any atom is -0.482 e. The molecule has 2 aromatic rings. The Morgan fingerprint density at radius 1 is 1.25 bits per heavy atom. The number of aryl methyl sites for hydroxylation is 1. The molecule has 2 unspecified atom stereocenters. The maximum atomic E-state index is 12.2. The van der Waals surface area contributed by atoms with Gasteiger partial charge in [-0.05, 0) is 19.1 Å². The second-order valence-corrected chi connectivity index (χ2v) is 4.67. The van der Waals surface area contributed by atoms with Crippen LogP contribution in [0.5, 0.6) is 11.5 Å². The average Bonchev–Trinajstić information content (AvgIpc) is 2.83. The molecule has 1 aromatic carbocycles. The number of nitrogens with zero attached hydrogens (tertiary/aromatic N) is 2. The fourth-order valence-corrected chi connectivity index (χ4v) is 2.09. The monoisotopic (exact) mass is 273 g/mol. The van der Waals surface area contributed by atoms with E-state index >= 15 is 0 Å². The summed E-state index contributed by atoms with van der Waals surface area (Å²) in [4.78, 5) is 12.2. The van der Waals surface area contributed by atoms with Crippen LogP contribution in [-0.2, 0) is 11.8 Å². The molecule has 6 heteroatoms. The van der Waals surface area contributed by atoms with E-state index in [4.69, 9.17) is 9.47 Å². The zero-order chi connectivity index (χ0) is 14.1. The lowest BCUT2D eigenvalue weighted by molar-refractivity contribution is -0.128. The molecule has 1 aromatic heterocycles. The first kappa shape index (κ1) is 12.5. The maximum Gasteiger partial charge on any atom is 0.270 e. The summed E-state index contributed by atoms with van der Waals surface area (Å²) in [5.74, 6) is 1.45. The Labute approximate surface area is 116 Å². The Hall–Kier alpha value is -2.50. The Morgan fingerprint density at radius 2 is 1.95 bits per heavy atom. The van der Waals surface area contributed by atoms with Gasteiger partial charge in [0.05, 0.1) is 0 Å². The van der Waals surface area contributed by atoms with Gasteiger partial charge in [0.2, 0.25) is 6.10 Å². The van der Waals surface area contributed by atoms with Crippen molar-refractivity contribution in [3.8, 4) is 11.5 Å². The smallest absolute Gasteiger partial charge is 0.270 e. The first-order valence-electron chi connectivity index (χ1n) is 6.36. The Bertz CT molecular complexity index is 638. The van der Waals surface area contributed by atoms with Crippen molar-refractivity contribution in [2.75, 3.05) is 5.32 Å². The van der Waals surface area contributed by atoms with Crippen LogP contribution in [0, 0.1) is 0 Å². The highest BCUT2D eigenvalue weighted by atomic mass is 16.6. The molecule has 1 amide bonds. The molecule has 3 rings (SSSR count). The summed E-state index contributed by atoms with van der Waals surface area (Å²) in [7, 11) is 1.79. The van der Waals surface area contributed by atoms with Gasteiger partial charge in [0.15, 0.2) is 17.3 Å². The summed E-state index contributed by atoms with van der Waals surface area (Å²) in [6, 6.07) is 9.02. The van der Waals surface area contributed by atoms with Crippen LogP contribution >= 0.6 is 0 Å². The fourth-order valence-electron chi connectivity index (χ4n) is 2.09. The van der Waals surface area contributed by atoms with E-state index in [1.54, 1.807) is 37.0 Å². The third-order valence-electron chi connectivity index (χ3n) is 3.07. The molecule has 2 atom stereocenters. The van der Waals surface area contributed by atoms with Crippen molar-refractivity contribution in [1.29, 1.82) is 0 Å². The van der Waals surface area contributed by atoms with Gasteiger partial charge < -0.3 is 14.8 Å². The van der Waals surface area contributed by atoms with Crippen LogP contribution in [0.2, 0.25) is 0 Å². The van der Waals surface area contributed by atoms with Gasteiger partial charge in [0, 0.05) is 19.3 Å². The summed E-state index contributed by atoms with van der Waals surface area (Å²) in [5.41, 5.74) is 0. The van der Waals surface area contributed by atoms with Crippen LogP contribution in [0.3, 0.4) is 0 Å². The number of para-hydroxylation sites is 2. The molecule has 0 saturated heterocycles. The number of ether oxygens (including phenoxy) is 2. The summed E-state index contributed by atoms with van der Waals surface area (Å²) in [6.45, 7) is 1.80. The summed E-state index contributed by atoms with van der Waals surface area (Å²) >= 11 is 0. The highest BCUT2D eigenvalue weighted by Crippen LogP contribution is 2.33. The number of carbonyl (C=O) groups excluding carboxylic acids is 1. The zero-order valence-corrected chi connectivity index (χ0v) is 11.2. The van der Waals surface area contributed by atoms with Gasteiger partial charge in [0.1, 0.15) is 6.10 Å². The summed E-state index contributed by atoms with van der Waals surface area (Å²) in [5, 5.41) is 6.82. The number of rotatable bonds is 2. The zero-order valence-electron chi connectivity index (χ0n) is 11.2. The van der Waals surface area contributed by atoms with E-state index in [0.29, 0.717) is 17.3 Å². The minimum absolute atomic E-state index is 0.272. The number of aromatic nitrogens is 2. The molecule has 6 nitrogen and oxygen atoms in total. The van der Waals surface area contributed by atoms with Gasteiger partial charge in [-0.15, -0.1) is 0 Å². The average molecular weight is 273 g/mol. The predicted molar refractivity (Wildman–Crippen MR) is 72.8 cm³/mol. The molecule has 0 aliphatic carbocycles. The third kappa shape index (κ3) is 2.32. The Morgan fingerprint density at radius 3 is 2.60 bits per heavy atom. The van der Waals surface area contributed by atoms with Gasteiger partial charge >= 0.3 is 0 Å². The largest absolute Gasteiger partial charge is 0.482 e. The van der Waals surface area contributed by atoms with Crippen LogP contribution < -0.4 is 14.8 Å². The summed E-state index contributed by atoms with van der Waals surface area (Å²) in [6.07, 6.45) is 0.688. The molecule has 1 aliphatic rings. The topological polar surface area (TPSA) is 65.4 Å². The standard InChI is InChI=1S/C14H15N3O3/c1-9-13(14(18)15-12-7-8-17(2)16-12)20-11-6-4-3-5-10(11)19-9/h3-9,13H,1-2H3,(H,15,16,18). The van der Waals surface area contributed by atoms with Crippen LogP contribution in [-0.4, -0.2) is 27.9 Å². The van der Waals surface area contributed by atoms with Gasteiger partial charge in [-0.25, -0.2) is 0 Å². The van der Waals surface area contributed by atoms with Crippen LogP contribution in [0.15, 0.2) is 36.5 Å². The Balaban J connectivity index is 1.75. The molecule has 0 fully saturated rings. The molecule has 1 N–H and O–H groups in total. The van der Waals surface area contributed by atoms with Crippen molar-refractivity contribution in [3.05, 3.63) is 36.5 Å². The summed E-state index contributed by atoms with van der Waals surface area (Å²) < 4.78 is 13.0. The van der Waals surface area contributed by atoms with Gasteiger partial charge in [-0.3, -0.25) is 9.48 Å². The second kappa shape index (κ2) is 4.88. The lowest BCUT2D eigenvalue weighted by atomic mass is 10.1. The molecule has 0 radical (unpaired) electrons. The molecule has 0 saturated carbocycles. The number of anilines is 1. The number of amides is 1. The van der Waals surface area contributed by atoms with E-state index in [1.165, 1.54) is 0 Å². The van der Waals surface area contributed by atoms with Crippen molar-refractivity contribution in [2.45, 2.75) is 19.1 Å². The first-order chi connectivity index (χ1) is 9.63. The number of hydrogen-bond donors (Lipinski definition) is 1. The van der Waals surface area contributed by atoms with Crippen molar-refractivity contribution < 1.29 is 14.3 Å². The molecule has 0 spiro atoms. The molecule has 1 aliphatic heterocycles. The van der Waals surface area contributed by atoms with Crippen molar-refractivity contribution in [3.63, 3.8) is 0 Å². The van der Waals surface area contributed by atoms with E-state index in [1.807, 2.05) is 18.2 Å². The molecular weight excluding hydrogens is 258 g/mol. The van der Waals surface area contributed by atoms with Crippen LogP contribution in [0.1, 0.15) is 6.92 Å². The van der Waals surface area contributed by atoms with Gasteiger partial charge in [-0.1, -0.05) is 12.1 Å². The number of carbonyl (C=O) groups is 1. The highest BCUT2D eigenvalue weighted by Gasteiger charge is 2.34. The minimum atomic E-state index is -0.702. The quantitative estimate of drug-likeness (QED) is 0.902. The lowest BCUT2D eigenvalue weighted by Crippen LogP contribution is -2.46. The highest BCUT2D eigenvalue weighted by molar-refractivity contribution is 5.94. The first-order valence-corrected chi connectivity index (χ1v) is 6.36. The van der Waals surface area contributed by atoms with Crippen molar-refractivity contribution in [2.24, 2.45) is 7.05 Å². The Kier molecular flexibility index (Phi) is 3.06. The SMILES string of the molecule is CC1Oc2ccccc2OC1C(=O)Nc1ccn(C)n1. The molecule has 104 valence electrons. The van der Waals surface area contributed by atoms with Crippen molar-refractivity contribution >= 4 is 11.7 Å². The van der Waals surface area contributed by atoms with E-state index in [-0.39, 0.29) is 12.0 Å². The second-order valence-electron chi connectivity index (χ2n) is 4.67. The van der Waals surface area contributed by atoms with Crippen molar-refractivity contribution in [1.82, 2.24) is 9.78 Å². The van der Waals surface area contributed by atoms with Gasteiger partial charge in [0.25, 0.3) is 5.91 Å². The fraction of sp³-hybridized carbons (Fsp3) is 0.286. The molecular formula is C14H15N3O3. The number of fused-ring (bicyclic) bond motifs is 1. The lowest BCUT2D eigenvalue weighted by Gasteiger charge is -2.30. The molecule has 2 heterocycles. The van der Waals surface area contributed by atoms with E-state index in [0.717, 1.165) is 0 Å². The number of benzene rings is 1.